The van der Waals surface area contributed by atoms with Crippen LogP contribution in [0.3, 0.4) is 0 Å². The summed E-state index contributed by atoms with van der Waals surface area (Å²) >= 11 is 1.19. The summed E-state index contributed by atoms with van der Waals surface area (Å²) in [6.07, 6.45) is 0. The zero-order chi connectivity index (χ0) is 16.8. The van der Waals surface area contributed by atoms with Crippen LogP contribution in [0.15, 0.2) is 91.0 Å². The minimum atomic E-state index is -0.616. The number of hydrogen-bond donors (Lipinski definition) is 0. The van der Waals surface area contributed by atoms with Crippen molar-refractivity contribution in [1.29, 1.82) is 0 Å². The van der Waals surface area contributed by atoms with Gasteiger partial charge in [0.05, 0.1) is 12.0 Å². The van der Waals surface area contributed by atoms with Crippen molar-refractivity contribution in [3.63, 3.8) is 0 Å². The molecule has 0 aliphatic carbocycles. The van der Waals surface area contributed by atoms with Gasteiger partial charge >= 0.3 is 5.97 Å². The minimum absolute atomic E-state index is 0.313. The lowest BCUT2D eigenvalue weighted by Crippen LogP contribution is -2.26. The molecule has 3 aromatic rings. The van der Waals surface area contributed by atoms with Crippen LogP contribution >= 0.6 is 12.0 Å². The zero-order valence-electron chi connectivity index (χ0n) is 13.4. The molecule has 0 aliphatic heterocycles. The first kappa shape index (κ1) is 16.3. The van der Waals surface area contributed by atoms with Gasteiger partial charge in [0.15, 0.2) is 0 Å². The second kappa shape index (κ2) is 7.37. The van der Waals surface area contributed by atoms with E-state index >= 15 is 0 Å². The Labute approximate surface area is 146 Å². The quantitative estimate of drug-likeness (QED) is 0.474. The summed E-state index contributed by atoms with van der Waals surface area (Å²) in [4.78, 5) is 11.5. The monoisotopic (exact) mass is 334 g/mol. The summed E-state index contributed by atoms with van der Waals surface area (Å²) in [7, 11) is 0. The van der Waals surface area contributed by atoms with Crippen molar-refractivity contribution in [2.75, 3.05) is 0 Å². The van der Waals surface area contributed by atoms with Crippen LogP contribution in [0.25, 0.3) is 0 Å². The van der Waals surface area contributed by atoms with Crippen molar-refractivity contribution in [2.24, 2.45) is 0 Å². The fraction of sp³-hybridized carbons (Fsp3) is 0.0952. The lowest BCUT2D eigenvalue weighted by molar-refractivity contribution is -0.130. The van der Waals surface area contributed by atoms with Crippen molar-refractivity contribution in [3.05, 3.63) is 108 Å². The van der Waals surface area contributed by atoms with E-state index in [0.29, 0.717) is 0 Å². The third-order valence-corrected chi connectivity index (χ3v) is 5.10. The van der Waals surface area contributed by atoms with E-state index in [-0.39, 0.29) is 5.97 Å². The smallest absolute Gasteiger partial charge is 0.314 e. The van der Waals surface area contributed by atoms with Gasteiger partial charge in [-0.2, -0.15) is 0 Å². The van der Waals surface area contributed by atoms with Gasteiger partial charge in [-0.25, -0.2) is 0 Å². The van der Waals surface area contributed by atoms with Crippen molar-refractivity contribution >= 4 is 18.0 Å². The molecule has 3 aromatic carbocycles. The Kier molecular flexibility index (Phi) is 5.02. The van der Waals surface area contributed by atoms with Crippen LogP contribution in [0.5, 0.6) is 0 Å². The summed E-state index contributed by atoms with van der Waals surface area (Å²) in [5, 5.41) is 0. The lowest BCUT2D eigenvalue weighted by Gasteiger charge is -2.33. The van der Waals surface area contributed by atoms with Gasteiger partial charge in [0.1, 0.15) is 4.75 Å². The molecule has 0 amide bonds. The number of carbonyl (C=O) groups is 1. The van der Waals surface area contributed by atoms with Crippen molar-refractivity contribution in [3.8, 4) is 0 Å². The van der Waals surface area contributed by atoms with E-state index < -0.39 is 4.75 Å². The van der Waals surface area contributed by atoms with Gasteiger partial charge in [0.2, 0.25) is 0 Å². The molecule has 0 spiro atoms. The summed E-state index contributed by atoms with van der Waals surface area (Å²) in [5.41, 5.74) is 3.19. The Balaban J connectivity index is 2.26. The number of hydrogen-bond acceptors (Lipinski definition) is 3. The maximum atomic E-state index is 11.5. The maximum absolute atomic E-state index is 11.5. The molecule has 0 heterocycles. The zero-order valence-corrected chi connectivity index (χ0v) is 14.2. The van der Waals surface area contributed by atoms with E-state index in [1.807, 2.05) is 54.6 Å². The molecule has 3 rings (SSSR count). The normalized spacial score (nSPS) is 11.0. The van der Waals surface area contributed by atoms with Gasteiger partial charge in [-0.3, -0.25) is 4.79 Å². The number of benzene rings is 3. The van der Waals surface area contributed by atoms with Crippen LogP contribution < -0.4 is 0 Å². The molecule has 0 aliphatic rings. The summed E-state index contributed by atoms with van der Waals surface area (Å²) in [6.45, 7) is 1.43. The minimum Gasteiger partial charge on any atom is -0.390 e. The second-order valence-electron chi connectivity index (χ2n) is 5.44. The highest BCUT2D eigenvalue weighted by molar-refractivity contribution is 7.96. The predicted molar refractivity (Wildman–Crippen MR) is 98.6 cm³/mol. The second-order valence-corrected chi connectivity index (χ2v) is 6.38. The molecule has 0 aromatic heterocycles. The van der Waals surface area contributed by atoms with Crippen molar-refractivity contribution in [2.45, 2.75) is 11.7 Å². The molecule has 2 nitrogen and oxygen atoms in total. The van der Waals surface area contributed by atoms with Crippen LogP contribution in [0.2, 0.25) is 0 Å². The Hall–Kier alpha value is -2.52. The molecule has 0 radical (unpaired) electrons. The SMILES string of the molecule is CC(=O)OSC(c1ccccc1)(c1ccccc1)c1ccccc1. The number of carbonyl (C=O) groups excluding carboxylic acids is 1. The topological polar surface area (TPSA) is 26.3 Å². The third-order valence-electron chi connectivity index (χ3n) is 3.82. The van der Waals surface area contributed by atoms with E-state index in [4.69, 9.17) is 4.18 Å². The Bertz CT molecular complexity index is 689. The molecule has 3 heteroatoms. The van der Waals surface area contributed by atoms with E-state index in [0.717, 1.165) is 16.7 Å². The van der Waals surface area contributed by atoms with E-state index in [2.05, 4.69) is 36.4 Å². The highest BCUT2D eigenvalue weighted by Gasteiger charge is 2.39. The Morgan fingerprint density at radius 3 is 1.33 bits per heavy atom. The average Bonchev–Trinajstić information content (AvgIpc) is 2.65. The molecule has 0 bridgehead atoms. The third kappa shape index (κ3) is 3.22. The van der Waals surface area contributed by atoms with Gasteiger partial charge in [-0.05, 0) is 16.7 Å². The molecule has 120 valence electrons. The van der Waals surface area contributed by atoms with Crippen LogP contribution in [-0.2, 0) is 13.7 Å². The molecule has 0 saturated carbocycles. The summed E-state index contributed by atoms with van der Waals surface area (Å²) in [5.74, 6) is -0.313. The summed E-state index contributed by atoms with van der Waals surface area (Å²) < 4.78 is 4.83. The fourth-order valence-corrected chi connectivity index (χ4v) is 3.72. The van der Waals surface area contributed by atoms with E-state index in [9.17, 15) is 4.79 Å². The predicted octanol–water partition coefficient (Wildman–Crippen LogP) is 5.19. The highest BCUT2D eigenvalue weighted by atomic mass is 32.2. The fourth-order valence-electron chi connectivity index (χ4n) is 2.78. The molecule has 0 N–H and O–H groups in total. The first-order valence-electron chi connectivity index (χ1n) is 7.76. The largest absolute Gasteiger partial charge is 0.390 e. The van der Waals surface area contributed by atoms with Crippen LogP contribution in [0.4, 0.5) is 0 Å². The summed E-state index contributed by atoms with van der Waals surface area (Å²) in [6, 6.07) is 30.4. The average molecular weight is 334 g/mol. The Morgan fingerprint density at radius 1 is 0.708 bits per heavy atom. The van der Waals surface area contributed by atoms with Gasteiger partial charge in [-0.15, -0.1) is 0 Å². The molecule has 0 atom stereocenters. The molecule has 0 fully saturated rings. The molecular weight excluding hydrogens is 316 g/mol. The first-order chi connectivity index (χ1) is 11.7. The lowest BCUT2D eigenvalue weighted by atomic mass is 9.84. The number of rotatable bonds is 5. The van der Waals surface area contributed by atoms with E-state index in [1.165, 1.54) is 19.0 Å². The van der Waals surface area contributed by atoms with Gasteiger partial charge in [0, 0.05) is 6.92 Å². The van der Waals surface area contributed by atoms with Crippen LogP contribution in [0.1, 0.15) is 23.6 Å². The molecular formula is C21H18O2S. The highest BCUT2D eigenvalue weighted by Crippen LogP contribution is 2.48. The van der Waals surface area contributed by atoms with E-state index in [1.54, 1.807) is 0 Å². The molecule has 0 unspecified atom stereocenters. The Morgan fingerprint density at radius 2 is 1.04 bits per heavy atom. The van der Waals surface area contributed by atoms with Gasteiger partial charge in [-0.1, -0.05) is 91.0 Å². The standard InChI is InChI=1S/C21H18O2S/c1-17(22)23-24-21(18-11-5-2-6-12-18,19-13-7-3-8-14-19)20-15-9-4-10-16-20/h2-16H,1H3. The van der Waals surface area contributed by atoms with Crippen molar-refractivity contribution < 1.29 is 8.98 Å². The van der Waals surface area contributed by atoms with Gasteiger partial charge < -0.3 is 4.18 Å². The first-order valence-corrected chi connectivity index (χ1v) is 8.50. The van der Waals surface area contributed by atoms with Crippen LogP contribution in [0, 0.1) is 0 Å². The molecule has 0 saturated heterocycles. The van der Waals surface area contributed by atoms with Crippen molar-refractivity contribution in [1.82, 2.24) is 0 Å². The van der Waals surface area contributed by atoms with Gasteiger partial charge in [0.25, 0.3) is 0 Å². The molecule has 24 heavy (non-hydrogen) atoms. The maximum Gasteiger partial charge on any atom is 0.314 e. The van der Waals surface area contributed by atoms with Crippen LogP contribution in [-0.4, -0.2) is 5.97 Å².